The van der Waals surface area contributed by atoms with Gasteiger partial charge in [0.15, 0.2) is 0 Å². The number of fused-ring (bicyclic) bond motifs is 1. The third kappa shape index (κ3) is 2.35. The van der Waals surface area contributed by atoms with Gasteiger partial charge in [0.1, 0.15) is 6.04 Å². The first-order chi connectivity index (χ1) is 7.81. The zero-order valence-corrected chi connectivity index (χ0v) is 9.53. The van der Waals surface area contributed by atoms with Crippen molar-refractivity contribution in [2.45, 2.75) is 32.2 Å². The van der Waals surface area contributed by atoms with Gasteiger partial charge < -0.3 is 10.1 Å². The normalized spacial score (nSPS) is 18.4. The van der Waals surface area contributed by atoms with E-state index in [1.165, 1.54) is 5.56 Å². The van der Waals surface area contributed by atoms with Gasteiger partial charge in [0.25, 0.3) is 0 Å². The maximum atomic E-state index is 11.7. The molecular formula is C13H17NO2. The molecule has 0 aliphatic carbocycles. The summed E-state index contributed by atoms with van der Waals surface area (Å²) >= 11 is 0. The number of esters is 1. The maximum absolute atomic E-state index is 11.7. The first-order valence-electron chi connectivity index (χ1n) is 5.82. The topological polar surface area (TPSA) is 38.3 Å². The summed E-state index contributed by atoms with van der Waals surface area (Å²) in [5.41, 5.74) is 2.34. The minimum atomic E-state index is -0.179. The highest BCUT2D eigenvalue weighted by Crippen LogP contribution is 2.24. The number of para-hydroxylation sites is 1. The first-order valence-corrected chi connectivity index (χ1v) is 5.82. The van der Waals surface area contributed by atoms with Crippen molar-refractivity contribution >= 4 is 11.7 Å². The summed E-state index contributed by atoms with van der Waals surface area (Å²) in [5, 5.41) is 3.23. The Hall–Kier alpha value is -1.51. The second kappa shape index (κ2) is 5.01. The fraction of sp³-hybridized carbons (Fsp3) is 0.462. The highest BCUT2D eigenvalue weighted by Gasteiger charge is 2.24. The molecule has 2 rings (SSSR count). The number of nitrogens with one attached hydrogen (secondary N) is 1. The molecule has 86 valence electrons. The molecule has 0 saturated heterocycles. The Labute approximate surface area is 95.8 Å². The summed E-state index contributed by atoms with van der Waals surface area (Å²) in [6.07, 6.45) is 2.63. The van der Waals surface area contributed by atoms with Gasteiger partial charge in [-0.15, -0.1) is 0 Å². The second-order valence-corrected chi connectivity index (χ2v) is 4.06. The predicted molar refractivity (Wildman–Crippen MR) is 63.4 cm³/mol. The Kier molecular flexibility index (Phi) is 3.44. The number of rotatable bonds is 3. The van der Waals surface area contributed by atoms with E-state index in [0.717, 1.165) is 24.9 Å². The van der Waals surface area contributed by atoms with Crippen molar-refractivity contribution in [3.8, 4) is 0 Å². The average molecular weight is 219 g/mol. The number of hydrogen-bond acceptors (Lipinski definition) is 3. The molecule has 0 saturated carbocycles. The fourth-order valence-electron chi connectivity index (χ4n) is 1.92. The number of hydrogen-bond donors (Lipinski definition) is 1. The van der Waals surface area contributed by atoms with Crippen LogP contribution >= 0.6 is 0 Å². The van der Waals surface area contributed by atoms with Crippen LogP contribution in [0.2, 0.25) is 0 Å². The van der Waals surface area contributed by atoms with Gasteiger partial charge in [-0.1, -0.05) is 25.1 Å². The molecule has 1 heterocycles. The van der Waals surface area contributed by atoms with Crippen molar-refractivity contribution in [3.63, 3.8) is 0 Å². The molecular weight excluding hydrogens is 202 g/mol. The molecule has 0 bridgehead atoms. The van der Waals surface area contributed by atoms with Gasteiger partial charge in [0.05, 0.1) is 6.61 Å². The quantitative estimate of drug-likeness (QED) is 0.793. The number of anilines is 1. The van der Waals surface area contributed by atoms with Gasteiger partial charge in [-0.25, -0.2) is 4.79 Å². The number of benzene rings is 1. The summed E-state index contributed by atoms with van der Waals surface area (Å²) in [5.74, 6) is -0.128. The van der Waals surface area contributed by atoms with E-state index in [4.69, 9.17) is 4.74 Å². The summed E-state index contributed by atoms with van der Waals surface area (Å²) < 4.78 is 5.14. The molecule has 0 spiro atoms. The van der Waals surface area contributed by atoms with Gasteiger partial charge in [-0.2, -0.15) is 0 Å². The second-order valence-electron chi connectivity index (χ2n) is 4.06. The van der Waals surface area contributed by atoms with E-state index >= 15 is 0 Å². The van der Waals surface area contributed by atoms with Crippen molar-refractivity contribution in [2.75, 3.05) is 11.9 Å². The molecule has 3 nitrogen and oxygen atoms in total. The lowest BCUT2D eigenvalue weighted by molar-refractivity contribution is -0.144. The average Bonchev–Trinajstić information content (AvgIpc) is 2.35. The van der Waals surface area contributed by atoms with Crippen LogP contribution in [0.5, 0.6) is 0 Å². The van der Waals surface area contributed by atoms with Gasteiger partial charge in [-0.05, 0) is 30.9 Å². The van der Waals surface area contributed by atoms with E-state index in [0.29, 0.717) is 6.61 Å². The molecule has 0 fully saturated rings. The van der Waals surface area contributed by atoms with Crippen molar-refractivity contribution in [1.82, 2.24) is 0 Å². The van der Waals surface area contributed by atoms with Gasteiger partial charge in [0.2, 0.25) is 0 Å². The molecule has 1 N–H and O–H groups in total. The standard InChI is InChI=1S/C13H17NO2/c1-2-9-16-13(15)12-8-7-10-5-3-4-6-11(10)14-12/h3-6,12,14H,2,7-9H2,1H3/t12-/m1/s1. The molecule has 0 amide bonds. The van der Waals surface area contributed by atoms with Gasteiger partial charge in [-0.3, -0.25) is 0 Å². The molecule has 1 atom stereocenters. The minimum absolute atomic E-state index is 0.128. The van der Waals surface area contributed by atoms with Gasteiger partial charge >= 0.3 is 5.97 Å². The van der Waals surface area contributed by atoms with Crippen LogP contribution in [0, 0.1) is 0 Å². The van der Waals surface area contributed by atoms with Crippen LogP contribution in [-0.4, -0.2) is 18.6 Å². The van der Waals surface area contributed by atoms with Crippen molar-refractivity contribution in [1.29, 1.82) is 0 Å². The van der Waals surface area contributed by atoms with Crippen LogP contribution < -0.4 is 5.32 Å². The smallest absolute Gasteiger partial charge is 0.328 e. The van der Waals surface area contributed by atoms with Crippen LogP contribution in [0.4, 0.5) is 5.69 Å². The molecule has 1 aromatic carbocycles. The highest BCUT2D eigenvalue weighted by molar-refractivity contribution is 5.80. The lowest BCUT2D eigenvalue weighted by atomic mass is 9.98. The third-order valence-electron chi connectivity index (χ3n) is 2.78. The summed E-state index contributed by atoms with van der Waals surface area (Å²) in [4.78, 5) is 11.7. The van der Waals surface area contributed by atoms with Crippen LogP contribution in [-0.2, 0) is 16.0 Å². The molecule has 16 heavy (non-hydrogen) atoms. The maximum Gasteiger partial charge on any atom is 0.328 e. The van der Waals surface area contributed by atoms with E-state index in [-0.39, 0.29) is 12.0 Å². The predicted octanol–water partition coefficient (Wildman–Crippen LogP) is 2.37. The first kappa shape index (κ1) is 11.0. The Bertz CT molecular complexity index is 376. The minimum Gasteiger partial charge on any atom is -0.464 e. The summed E-state index contributed by atoms with van der Waals surface area (Å²) in [7, 11) is 0. The number of ether oxygens (including phenoxy) is 1. The van der Waals surface area contributed by atoms with Crippen LogP contribution in [0.15, 0.2) is 24.3 Å². The largest absolute Gasteiger partial charge is 0.464 e. The number of aryl methyl sites for hydroxylation is 1. The van der Waals surface area contributed by atoms with E-state index in [2.05, 4.69) is 11.4 Å². The molecule has 0 unspecified atom stereocenters. The van der Waals surface area contributed by atoms with Crippen molar-refractivity contribution < 1.29 is 9.53 Å². The lowest BCUT2D eigenvalue weighted by Gasteiger charge is -2.25. The zero-order valence-electron chi connectivity index (χ0n) is 9.53. The van der Waals surface area contributed by atoms with E-state index < -0.39 is 0 Å². The zero-order chi connectivity index (χ0) is 11.4. The molecule has 0 radical (unpaired) electrons. The molecule has 1 aliphatic heterocycles. The SMILES string of the molecule is CCCOC(=O)[C@H]1CCc2ccccc2N1. The Morgan fingerprint density at radius 2 is 2.31 bits per heavy atom. The Morgan fingerprint density at radius 1 is 1.50 bits per heavy atom. The van der Waals surface area contributed by atoms with E-state index in [1.807, 2.05) is 25.1 Å². The Balaban J connectivity index is 1.99. The van der Waals surface area contributed by atoms with Crippen LogP contribution in [0.3, 0.4) is 0 Å². The summed E-state index contributed by atoms with van der Waals surface area (Å²) in [6, 6.07) is 7.92. The fourth-order valence-corrected chi connectivity index (χ4v) is 1.92. The van der Waals surface area contributed by atoms with Crippen LogP contribution in [0.25, 0.3) is 0 Å². The number of carbonyl (C=O) groups is 1. The molecule has 0 aromatic heterocycles. The Morgan fingerprint density at radius 3 is 3.12 bits per heavy atom. The van der Waals surface area contributed by atoms with Crippen molar-refractivity contribution in [2.24, 2.45) is 0 Å². The lowest BCUT2D eigenvalue weighted by Crippen LogP contribution is -2.35. The number of carbonyl (C=O) groups excluding carboxylic acids is 1. The third-order valence-corrected chi connectivity index (χ3v) is 2.78. The molecule has 1 aliphatic rings. The van der Waals surface area contributed by atoms with Gasteiger partial charge in [0, 0.05) is 5.69 Å². The molecule has 3 heteroatoms. The summed E-state index contributed by atoms with van der Waals surface area (Å²) in [6.45, 7) is 2.51. The van der Waals surface area contributed by atoms with E-state index in [1.54, 1.807) is 0 Å². The van der Waals surface area contributed by atoms with Crippen molar-refractivity contribution in [3.05, 3.63) is 29.8 Å². The van der Waals surface area contributed by atoms with E-state index in [9.17, 15) is 4.79 Å². The monoisotopic (exact) mass is 219 g/mol. The highest BCUT2D eigenvalue weighted by atomic mass is 16.5. The molecule has 1 aromatic rings. The van der Waals surface area contributed by atoms with Crippen LogP contribution in [0.1, 0.15) is 25.3 Å².